The molecule has 0 bridgehead atoms. The molecule has 33 heavy (non-hydrogen) atoms. The van der Waals surface area contributed by atoms with Gasteiger partial charge in [0, 0.05) is 39.8 Å². The van der Waals surface area contributed by atoms with E-state index in [1.165, 1.54) is 17.0 Å². The van der Waals surface area contributed by atoms with Crippen molar-refractivity contribution in [2.45, 2.75) is 51.6 Å². The molecule has 2 aliphatic heterocycles. The number of carbonyl (C=O) groups is 2. The number of nitrogens with one attached hydrogen (secondary N) is 1. The summed E-state index contributed by atoms with van der Waals surface area (Å²) in [4.78, 5) is 39.5. The van der Waals surface area contributed by atoms with Crippen LogP contribution in [-0.4, -0.2) is 78.9 Å². The van der Waals surface area contributed by atoms with E-state index >= 15 is 0 Å². The van der Waals surface area contributed by atoms with Crippen LogP contribution in [0.15, 0.2) is 12.1 Å². The summed E-state index contributed by atoms with van der Waals surface area (Å²) in [5, 5.41) is 14.3. The third-order valence-corrected chi connectivity index (χ3v) is 6.32. The van der Waals surface area contributed by atoms with Crippen LogP contribution in [0.5, 0.6) is 0 Å². The zero-order valence-electron chi connectivity index (χ0n) is 19.8. The van der Waals surface area contributed by atoms with Crippen LogP contribution >= 0.6 is 11.6 Å². The summed E-state index contributed by atoms with van der Waals surface area (Å²) in [7, 11) is 3.40. The van der Waals surface area contributed by atoms with Gasteiger partial charge in [-0.3, -0.25) is 19.7 Å². The Labute approximate surface area is 200 Å². The van der Waals surface area contributed by atoms with E-state index in [2.05, 4.69) is 5.32 Å². The van der Waals surface area contributed by atoms with Crippen LogP contribution < -0.4 is 16.0 Å². The molecule has 1 aromatic rings. The van der Waals surface area contributed by atoms with Crippen LogP contribution in [0.2, 0.25) is 5.02 Å². The summed E-state index contributed by atoms with van der Waals surface area (Å²) in [6.07, 6.45) is 3.73. The number of halogens is 1. The highest BCUT2D eigenvalue weighted by Gasteiger charge is 2.33. The minimum Gasteiger partial charge on any atom is -0.393 e. The average Bonchev–Trinajstić information content (AvgIpc) is 3.48. The van der Waals surface area contributed by atoms with Crippen molar-refractivity contribution in [1.82, 2.24) is 15.1 Å². The predicted octanol–water partition coefficient (Wildman–Crippen LogP) is 2.49. The lowest BCUT2D eigenvalue weighted by Crippen LogP contribution is -2.43. The summed E-state index contributed by atoms with van der Waals surface area (Å²) in [5.74, 6) is 0.262. The normalized spacial score (nSPS) is 19.6. The van der Waals surface area contributed by atoms with E-state index in [1.54, 1.807) is 14.1 Å². The van der Waals surface area contributed by atoms with Gasteiger partial charge in [-0.05, 0) is 52.1 Å². The Morgan fingerprint density at radius 3 is 2.39 bits per heavy atom. The Bertz CT molecular complexity index is 852. The number of nitro groups is 1. The van der Waals surface area contributed by atoms with E-state index in [0.717, 1.165) is 45.3 Å². The van der Waals surface area contributed by atoms with Gasteiger partial charge in [0.1, 0.15) is 11.7 Å². The fourth-order valence-electron chi connectivity index (χ4n) is 4.21. The molecule has 2 amide bonds. The zero-order valence-corrected chi connectivity index (χ0v) is 20.6. The first-order valence-corrected chi connectivity index (χ1v) is 11.7. The number of rotatable bonds is 6. The van der Waals surface area contributed by atoms with Crippen molar-refractivity contribution >= 4 is 40.5 Å². The molecule has 3 N–H and O–H groups in total. The second kappa shape index (κ2) is 12.0. The van der Waals surface area contributed by atoms with Crippen molar-refractivity contribution in [3.63, 3.8) is 0 Å². The lowest BCUT2D eigenvalue weighted by atomic mass is 10.1. The molecule has 1 aromatic carbocycles. The van der Waals surface area contributed by atoms with Crippen LogP contribution in [0.3, 0.4) is 0 Å². The first-order chi connectivity index (χ1) is 15.6. The Hall–Kier alpha value is -2.59. The van der Waals surface area contributed by atoms with Crippen LogP contribution in [0.1, 0.15) is 39.5 Å². The summed E-state index contributed by atoms with van der Waals surface area (Å²) in [5.41, 5.74) is 6.11. The molecule has 0 saturated carbocycles. The summed E-state index contributed by atoms with van der Waals surface area (Å²) in [6.45, 7) is 7.37. The summed E-state index contributed by atoms with van der Waals surface area (Å²) < 4.78 is 0. The number of nitro benzene ring substituents is 1. The van der Waals surface area contributed by atoms with Gasteiger partial charge in [-0.2, -0.15) is 0 Å². The van der Waals surface area contributed by atoms with Gasteiger partial charge < -0.3 is 25.8 Å². The standard InChI is InChI=1S/C13H17ClN4O3.C9H18N2O/c1-16(2)13(19)10-4-3-5-17(10)11-7-9(15)12(18(20)21)6-8(11)14;1-3-11(4-2)9(12)8-6-5-7-10-8/h6-7,10H,3-5,15H2,1-2H3;8,10H,3-7H2,1-2H3. The fourth-order valence-corrected chi connectivity index (χ4v) is 4.47. The maximum absolute atomic E-state index is 12.2. The first-order valence-electron chi connectivity index (χ1n) is 11.4. The maximum atomic E-state index is 12.2. The number of carbonyl (C=O) groups excluding carboxylic acids is 2. The van der Waals surface area contributed by atoms with Crippen molar-refractivity contribution in [2.24, 2.45) is 0 Å². The highest BCUT2D eigenvalue weighted by Crippen LogP contribution is 2.38. The molecule has 3 rings (SSSR count). The molecule has 0 aliphatic carbocycles. The smallest absolute Gasteiger partial charge is 0.293 e. The van der Waals surface area contributed by atoms with Crippen LogP contribution in [0.25, 0.3) is 0 Å². The van der Waals surface area contributed by atoms with Gasteiger partial charge >= 0.3 is 0 Å². The fraction of sp³-hybridized carbons (Fsp3) is 0.636. The molecule has 2 heterocycles. The third kappa shape index (κ3) is 6.48. The van der Waals surface area contributed by atoms with Gasteiger partial charge in [0.05, 0.1) is 21.7 Å². The number of amides is 2. The van der Waals surface area contributed by atoms with E-state index in [9.17, 15) is 19.7 Å². The molecule has 10 nitrogen and oxygen atoms in total. The van der Waals surface area contributed by atoms with Gasteiger partial charge in [0.25, 0.3) is 5.69 Å². The topological polar surface area (TPSA) is 125 Å². The summed E-state index contributed by atoms with van der Waals surface area (Å²) >= 11 is 6.15. The van der Waals surface area contributed by atoms with Crippen LogP contribution in [-0.2, 0) is 9.59 Å². The molecule has 11 heteroatoms. The Morgan fingerprint density at radius 1 is 1.21 bits per heavy atom. The quantitative estimate of drug-likeness (QED) is 0.362. The lowest BCUT2D eigenvalue weighted by Gasteiger charge is -2.28. The SMILES string of the molecule is CCN(CC)C(=O)C1CCCN1.CN(C)C(=O)C1CCCN1c1cc(N)c([N+](=O)[O-])cc1Cl. The van der Waals surface area contributed by atoms with Gasteiger partial charge in [-0.25, -0.2) is 0 Å². The Balaban J connectivity index is 0.000000273. The van der Waals surface area contributed by atoms with Crippen molar-refractivity contribution in [3.05, 3.63) is 27.3 Å². The van der Waals surface area contributed by atoms with Gasteiger partial charge in [-0.1, -0.05) is 11.6 Å². The van der Waals surface area contributed by atoms with E-state index in [1.807, 2.05) is 23.6 Å². The number of nitrogens with zero attached hydrogens (tertiary/aromatic N) is 4. The van der Waals surface area contributed by atoms with Crippen molar-refractivity contribution in [1.29, 1.82) is 0 Å². The van der Waals surface area contributed by atoms with E-state index in [4.69, 9.17) is 17.3 Å². The number of nitrogens with two attached hydrogens (primary N) is 1. The monoisotopic (exact) mass is 482 g/mol. The Kier molecular flexibility index (Phi) is 9.72. The van der Waals surface area contributed by atoms with Crippen LogP contribution in [0.4, 0.5) is 17.1 Å². The zero-order chi connectivity index (χ0) is 24.7. The Morgan fingerprint density at radius 2 is 1.88 bits per heavy atom. The highest BCUT2D eigenvalue weighted by atomic mass is 35.5. The number of hydrogen-bond acceptors (Lipinski definition) is 7. The molecule has 0 aromatic heterocycles. The molecule has 2 atom stereocenters. The highest BCUT2D eigenvalue weighted by molar-refractivity contribution is 6.33. The molecule has 0 radical (unpaired) electrons. The van der Waals surface area contributed by atoms with E-state index < -0.39 is 4.92 Å². The molecule has 0 spiro atoms. The largest absolute Gasteiger partial charge is 0.393 e. The molecular weight excluding hydrogens is 448 g/mol. The minimum atomic E-state index is -0.572. The second-order valence-corrected chi connectivity index (χ2v) is 8.77. The predicted molar refractivity (Wildman–Crippen MR) is 131 cm³/mol. The molecule has 2 unspecified atom stereocenters. The number of benzene rings is 1. The lowest BCUT2D eigenvalue weighted by molar-refractivity contribution is -0.383. The number of anilines is 2. The van der Waals surface area contributed by atoms with Crippen molar-refractivity contribution in [2.75, 3.05) is 50.9 Å². The van der Waals surface area contributed by atoms with E-state index in [-0.39, 0.29) is 40.3 Å². The number of nitrogen functional groups attached to an aromatic ring is 1. The second-order valence-electron chi connectivity index (χ2n) is 8.36. The van der Waals surface area contributed by atoms with Gasteiger partial charge in [-0.15, -0.1) is 0 Å². The maximum Gasteiger partial charge on any atom is 0.293 e. The van der Waals surface area contributed by atoms with Crippen molar-refractivity contribution in [3.8, 4) is 0 Å². The average molecular weight is 483 g/mol. The first kappa shape index (κ1) is 26.7. The molecular formula is C22H35ClN6O4. The third-order valence-electron chi connectivity index (χ3n) is 6.01. The molecule has 184 valence electrons. The van der Waals surface area contributed by atoms with Crippen LogP contribution in [0, 0.1) is 10.1 Å². The molecule has 2 fully saturated rings. The summed E-state index contributed by atoms with van der Waals surface area (Å²) in [6, 6.07) is 2.51. The van der Waals surface area contributed by atoms with Gasteiger partial charge in [0.15, 0.2) is 0 Å². The number of likely N-dealkylation sites (N-methyl/N-ethyl adjacent to an activating group) is 2. The van der Waals surface area contributed by atoms with Crippen molar-refractivity contribution < 1.29 is 14.5 Å². The molecule has 2 aliphatic rings. The van der Waals surface area contributed by atoms with Gasteiger partial charge in [0.2, 0.25) is 11.8 Å². The molecule has 2 saturated heterocycles. The minimum absolute atomic E-state index is 0.0134. The number of hydrogen-bond donors (Lipinski definition) is 2. The van der Waals surface area contributed by atoms with E-state index in [0.29, 0.717) is 12.2 Å².